The third-order valence-corrected chi connectivity index (χ3v) is 2.94. The molecule has 2 heterocycles. The Morgan fingerprint density at radius 1 is 1.53 bits per heavy atom. The quantitative estimate of drug-likeness (QED) is 0.805. The van der Waals surface area contributed by atoms with Crippen molar-refractivity contribution in [1.82, 2.24) is 15.2 Å². The molecule has 1 aromatic rings. The van der Waals surface area contributed by atoms with E-state index in [1.165, 1.54) is 12.1 Å². The maximum absolute atomic E-state index is 4.36. The van der Waals surface area contributed by atoms with Crippen LogP contribution in [-0.4, -0.2) is 35.6 Å². The Hall–Kier alpha value is -0.930. The SMILES string of the molecule is CCC1CN(Cc2ccccn2)CCN1. The van der Waals surface area contributed by atoms with Gasteiger partial charge in [0.05, 0.1) is 5.69 Å². The first-order valence-electron chi connectivity index (χ1n) is 5.74. The van der Waals surface area contributed by atoms with Gasteiger partial charge in [-0.3, -0.25) is 9.88 Å². The Bertz CT molecular complexity index is 286. The molecule has 0 aliphatic carbocycles. The van der Waals surface area contributed by atoms with Crippen LogP contribution in [0.5, 0.6) is 0 Å². The summed E-state index contributed by atoms with van der Waals surface area (Å²) in [4.78, 5) is 6.84. The van der Waals surface area contributed by atoms with Crippen molar-refractivity contribution in [3.05, 3.63) is 30.1 Å². The fourth-order valence-corrected chi connectivity index (χ4v) is 2.03. The Balaban J connectivity index is 1.89. The van der Waals surface area contributed by atoms with Crippen LogP contribution in [0, 0.1) is 0 Å². The number of hydrogen-bond acceptors (Lipinski definition) is 3. The third kappa shape index (κ3) is 3.01. The van der Waals surface area contributed by atoms with Crippen molar-refractivity contribution in [2.75, 3.05) is 19.6 Å². The molecule has 1 N–H and O–H groups in total. The molecular formula is C12H19N3. The molecule has 15 heavy (non-hydrogen) atoms. The molecule has 1 aliphatic rings. The highest BCUT2D eigenvalue weighted by Crippen LogP contribution is 2.06. The summed E-state index contributed by atoms with van der Waals surface area (Å²) in [6.45, 7) is 6.60. The number of nitrogens with zero attached hydrogens (tertiary/aromatic N) is 2. The predicted molar refractivity (Wildman–Crippen MR) is 61.6 cm³/mol. The van der Waals surface area contributed by atoms with E-state index in [1.54, 1.807) is 0 Å². The minimum Gasteiger partial charge on any atom is -0.311 e. The maximum Gasteiger partial charge on any atom is 0.0543 e. The van der Waals surface area contributed by atoms with Gasteiger partial charge in [-0.2, -0.15) is 0 Å². The monoisotopic (exact) mass is 205 g/mol. The second-order valence-corrected chi connectivity index (χ2v) is 4.12. The van der Waals surface area contributed by atoms with Gasteiger partial charge < -0.3 is 5.32 Å². The zero-order chi connectivity index (χ0) is 10.5. The Morgan fingerprint density at radius 3 is 3.20 bits per heavy atom. The highest BCUT2D eigenvalue weighted by molar-refractivity contribution is 5.03. The number of hydrogen-bond donors (Lipinski definition) is 1. The van der Waals surface area contributed by atoms with E-state index in [0.717, 1.165) is 26.2 Å². The molecule has 1 aromatic heterocycles. The summed E-state index contributed by atoms with van der Waals surface area (Å²) in [5.74, 6) is 0. The summed E-state index contributed by atoms with van der Waals surface area (Å²) in [5, 5.41) is 3.52. The molecule has 0 saturated carbocycles. The molecule has 1 unspecified atom stereocenters. The Labute approximate surface area is 91.5 Å². The van der Waals surface area contributed by atoms with E-state index < -0.39 is 0 Å². The van der Waals surface area contributed by atoms with E-state index in [-0.39, 0.29) is 0 Å². The fourth-order valence-electron chi connectivity index (χ4n) is 2.03. The molecule has 1 fully saturated rings. The average molecular weight is 205 g/mol. The van der Waals surface area contributed by atoms with Crippen molar-refractivity contribution >= 4 is 0 Å². The largest absolute Gasteiger partial charge is 0.311 e. The molecule has 82 valence electrons. The first-order valence-corrected chi connectivity index (χ1v) is 5.74. The fraction of sp³-hybridized carbons (Fsp3) is 0.583. The lowest BCUT2D eigenvalue weighted by atomic mass is 10.1. The van der Waals surface area contributed by atoms with Crippen molar-refractivity contribution in [1.29, 1.82) is 0 Å². The van der Waals surface area contributed by atoms with Crippen molar-refractivity contribution in [2.45, 2.75) is 25.9 Å². The van der Waals surface area contributed by atoms with Crippen LogP contribution in [0.25, 0.3) is 0 Å². The zero-order valence-electron chi connectivity index (χ0n) is 9.32. The first kappa shape index (κ1) is 10.6. The van der Waals surface area contributed by atoms with Gasteiger partial charge in [0.1, 0.15) is 0 Å². The van der Waals surface area contributed by atoms with Crippen molar-refractivity contribution in [3.63, 3.8) is 0 Å². The molecule has 1 aliphatic heterocycles. The van der Waals surface area contributed by atoms with E-state index in [0.29, 0.717) is 6.04 Å². The number of pyridine rings is 1. The summed E-state index contributed by atoms with van der Waals surface area (Å²) in [7, 11) is 0. The lowest BCUT2D eigenvalue weighted by molar-refractivity contribution is 0.188. The van der Waals surface area contributed by atoms with Crippen molar-refractivity contribution in [2.24, 2.45) is 0 Å². The van der Waals surface area contributed by atoms with Gasteiger partial charge in [0.2, 0.25) is 0 Å². The van der Waals surface area contributed by atoms with E-state index >= 15 is 0 Å². The van der Waals surface area contributed by atoms with Crippen LogP contribution in [0.2, 0.25) is 0 Å². The predicted octanol–water partition coefficient (Wildman–Crippen LogP) is 1.27. The number of aromatic nitrogens is 1. The molecule has 2 rings (SSSR count). The molecule has 0 amide bonds. The lowest BCUT2D eigenvalue weighted by Crippen LogP contribution is -2.49. The van der Waals surface area contributed by atoms with Gasteiger partial charge in [-0.1, -0.05) is 13.0 Å². The lowest BCUT2D eigenvalue weighted by Gasteiger charge is -2.32. The van der Waals surface area contributed by atoms with Crippen molar-refractivity contribution < 1.29 is 0 Å². The van der Waals surface area contributed by atoms with Crippen LogP contribution in [0.4, 0.5) is 0 Å². The summed E-state index contributed by atoms with van der Waals surface area (Å²) in [6, 6.07) is 6.78. The summed E-state index contributed by atoms with van der Waals surface area (Å²) < 4.78 is 0. The van der Waals surface area contributed by atoms with Crippen molar-refractivity contribution in [3.8, 4) is 0 Å². The van der Waals surface area contributed by atoms with E-state index in [2.05, 4.69) is 34.3 Å². The van der Waals surface area contributed by atoms with E-state index in [4.69, 9.17) is 0 Å². The van der Waals surface area contributed by atoms with E-state index in [1.807, 2.05) is 12.3 Å². The normalized spacial score (nSPS) is 22.9. The highest BCUT2D eigenvalue weighted by Gasteiger charge is 2.17. The zero-order valence-corrected chi connectivity index (χ0v) is 9.32. The maximum atomic E-state index is 4.36. The Kier molecular flexibility index (Phi) is 3.69. The molecule has 0 aromatic carbocycles. The third-order valence-electron chi connectivity index (χ3n) is 2.94. The van der Waals surface area contributed by atoms with Gasteiger partial charge in [0.25, 0.3) is 0 Å². The molecule has 0 bridgehead atoms. The second-order valence-electron chi connectivity index (χ2n) is 4.12. The summed E-state index contributed by atoms with van der Waals surface area (Å²) in [6.07, 6.45) is 3.08. The van der Waals surface area contributed by atoms with Gasteiger partial charge in [-0.15, -0.1) is 0 Å². The first-order chi connectivity index (χ1) is 7.38. The number of nitrogens with one attached hydrogen (secondary N) is 1. The molecule has 1 atom stereocenters. The van der Waals surface area contributed by atoms with Crippen LogP contribution in [0.15, 0.2) is 24.4 Å². The molecule has 3 nitrogen and oxygen atoms in total. The summed E-state index contributed by atoms with van der Waals surface area (Å²) >= 11 is 0. The summed E-state index contributed by atoms with van der Waals surface area (Å²) in [5.41, 5.74) is 1.18. The smallest absolute Gasteiger partial charge is 0.0543 e. The van der Waals surface area contributed by atoms with E-state index in [9.17, 15) is 0 Å². The minimum atomic E-state index is 0.655. The number of rotatable bonds is 3. The standard InChI is InChI=1S/C12H19N3/c1-2-11-9-15(8-7-14-11)10-12-5-3-4-6-13-12/h3-6,11,14H,2,7-10H2,1H3. The van der Waals surface area contributed by atoms with Gasteiger partial charge in [-0.05, 0) is 18.6 Å². The Morgan fingerprint density at radius 2 is 2.47 bits per heavy atom. The van der Waals surface area contributed by atoms with Crippen LogP contribution in [-0.2, 0) is 6.54 Å². The van der Waals surface area contributed by atoms with Gasteiger partial charge >= 0.3 is 0 Å². The molecule has 0 radical (unpaired) electrons. The highest BCUT2D eigenvalue weighted by atomic mass is 15.2. The molecule has 1 saturated heterocycles. The van der Waals surface area contributed by atoms with Crippen LogP contribution < -0.4 is 5.32 Å². The molecular weight excluding hydrogens is 186 g/mol. The second kappa shape index (κ2) is 5.24. The van der Waals surface area contributed by atoms with Gasteiger partial charge in [0, 0.05) is 38.4 Å². The van der Waals surface area contributed by atoms with Crippen LogP contribution >= 0.6 is 0 Å². The minimum absolute atomic E-state index is 0.655. The topological polar surface area (TPSA) is 28.2 Å². The molecule has 3 heteroatoms. The van der Waals surface area contributed by atoms with Gasteiger partial charge in [0.15, 0.2) is 0 Å². The van der Waals surface area contributed by atoms with Gasteiger partial charge in [-0.25, -0.2) is 0 Å². The van der Waals surface area contributed by atoms with Crippen LogP contribution in [0.1, 0.15) is 19.0 Å². The molecule has 0 spiro atoms. The number of piperazine rings is 1. The van der Waals surface area contributed by atoms with Crippen LogP contribution in [0.3, 0.4) is 0 Å². The average Bonchev–Trinajstić information content (AvgIpc) is 2.31.